The molecule has 0 bridgehead atoms. The number of carbonyl (C=O) groups excluding carboxylic acids is 1. The van der Waals surface area contributed by atoms with Gasteiger partial charge in [0.25, 0.3) is 5.91 Å². The van der Waals surface area contributed by atoms with E-state index in [1.165, 1.54) is 0 Å². The highest BCUT2D eigenvalue weighted by atomic mass is 16.4. The lowest BCUT2D eigenvalue weighted by molar-refractivity contribution is 0.0998. The lowest BCUT2D eigenvalue weighted by Gasteiger charge is -2.03. The number of para-hydroxylation sites is 1. The van der Waals surface area contributed by atoms with E-state index >= 15 is 0 Å². The lowest BCUT2D eigenvalue weighted by Crippen LogP contribution is -2.12. The van der Waals surface area contributed by atoms with E-state index in [1.807, 2.05) is 48.5 Å². The van der Waals surface area contributed by atoms with Crippen LogP contribution in [0.15, 0.2) is 71.1 Å². The monoisotopic (exact) mass is 278 g/mol. The van der Waals surface area contributed by atoms with Gasteiger partial charge < -0.3 is 15.5 Å². The number of rotatable bonds is 3. The highest BCUT2D eigenvalue weighted by molar-refractivity contribution is 6.06. The van der Waals surface area contributed by atoms with Gasteiger partial charge in [-0.3, -0.25) is 4.79 Å². The number of hydrogen-bond acceptors (Lipinski definition) is 3. The Morgan fingerprint density at radius 2 is 1.57 bits per heavy atom. The van der Waals surface area contributed by atoms with Crippen LogP contribution in [0.2, 0.25) is 0 Å². The molecule has 0 spiro atoms. The second-order valence-corrected chi connectivity index (χ2v) is 4.58. The predicted molar refractivity (Wildman–Crippen MR) is 83.0 cm³/mol. The van der Waals surface area contributed by atoms with Gasteiger partial charge in [-0.25, -0.2) is 0 Å². The summed E-state index contributed by atoms with van der Waals surface area (Å²) in [6.45, 7) is 0. The van der Waals surface area contributed by atoms with Gasteiger partial charge in [0.2, 0.25) is 5.76 Å². The zero-order valence-electron chi connectivity index (χ0n) is 11.2. The number of anilines is 2. The predicted octanol–water partition coefficient (Wildman–Crippen LogP) is 3.78. The molecule has 2 aromatic carbocycles. The van der Waals surface area contributed by atoms with Gasteiger partial charge in [0.05, 0.1) is 5.69 Å². The molecular weight excluding hydrogens is 264 g/mol. The molecule has 0 aliphatic rings. The normalized spacial score (nSPS) is 10.3. The molecule has 1 heterocycles. The Balaban J connectivity index is 1.86. The van der Waals surface area contributed by atoms with E-state index in [4.69, 9.17) is 10.2 Å². The minimum atomic E-state index is -0.360. The SMILES string of the molecule is Nc1cc(-c2ccccc2)oc1C(=O)Nc1ccccc1. The summed E-state index contributed by atoms with van der Waals surface area (Å²) in [6, 6.07) is 20.3. The van der Waals surface area contributed by atoms with Crippen molar-refractivity contribution in [1.82, 2.24) is 0 Å². The minimum absolute atomic E-state index is 0.123. The molecule has 0 saturated heterocycles. The molecule has 0 aliphatic heterocycles. The van der Waals surface area contributed by atoms with Crippen LogP contribution in [0.3, 0.4) is 0 Å². The van der Waals surface area contributed by atoms with Crippen molar-refractivity contribution >= 4 is 17.3 Å². The molecule has 4 nitrogen and oxygen atoms in total. The molecule has 3 rings (SSSR count). The zero-order valence-corrected chi connectivity index (χ0v) is 11.2. The van der Waals surface area contributed by atoms with E-state index < -0.39 is 0 Å². The van der Waals surface area contributed by atoms with Crippen LogP contribution >= 0.6 is 0 Å². The van der Waals surface area contributed by atoms with Gasteiger partial charge in [-0.05, 0) is 12.1 Å². The number of nitrogen functional groups attached to an aromatic ring is 1. The summed E-state index contributed by atoms with van der Waals surface area (Å²) in [4.78, 5) is 12.2. The molecule has 0 atom stereocenters. The van der Waals surface area contributed by atoms with Crippen molar-refractivity contribution in [1.29, 1.82) is 0 Å². The van der Waals surface area contributed by atoms with Crippen molar-refractivity contribution in [3.8, 4) is 11.3 Å². The summed E-state index contributed by atoms with van der Waals surface area (Å²) in [5.74, 6) is 0.338. The molecule has 0 saturated carbocycles. The van der Waals surface area contributed by atoms with E-state index in [9.17, 15) is 4.79 Å². The molecule has 3 N–H and O–H groups in total. The topological polar surface area (TPSA) is 68.3 Å². The Morgan fingerprint density at radius 3 is 2.24 bits per heavy atom. The van der Waals surface area contributed by atoms with Crippen molar-refractivity contribution < 1.29 is 9.21 Å². The van der Waals surface area contributed by atoms with Gasteiger partial charge in [0, 0.05) is 17.3 Å². The summed E-state index contributed by atoms with van der Waals surface area (Å²) in [6.07, 6.45) is 0. The first-order valence-electron chi connectivity index (χ1n) is 6.55. The summed E-state index contributed by atoms with van der Waals surface area (Å²) in [5, 5.41) is 2.75. The van der Waals surface area contributed by atoms with E-state index in [2.05, 4.69) is 5.32 Å². The summed E-state index contributed by atoms with van der Waals surface area (Å²) < 4.78 is 5.60. The second kappa shape index (κ2) is 5.54. The maximum absolute atomic E-state index is 12.2. The van der Waals surface area contributed by atoms with Crippen molar-refractivity contribution in [2.45, 2.75) is 0 Å². The van der Waals surface area contributed by atoms with Gasteiger partial charge in [-0.2, -0.15) is 0 Å². The van der Waals surface area contributed by atoms with Gasteiger partial charge >= 0.3 is 0 Å². The van der Waals surface area contributed by atoms with E-state index in [-0.39, 0.29) is 11.7 Å². The van der Waals surface area contributed by atoms with Crippen molar-refractivity contribution in [2.24, 2.45) is 0 Å². The highest BCUT2D eigenvalue weighted by Gasteiger charge is 2.17. The third-order valence-electron chi connectivity index (χ3n) is 3.06. The number of benzene rings is 2. The van der Waals surface area contributed by atoms with E-state index in [1.54, 1.807) is 18.2 Å². The van der Waals surface area contributed by atoms with Crippen molar-refractivity contribution in [2.75, 3.05) is 11.1 Å². The van der Waals surface area contributed by atoms with Crippen molar-refractivity contribution in [3.63, 3.8) is 0 Å². The largest absolute Gasteiger partial charge is 0.449 e. The summed E-state index contributed by atoms with van der Waals surface area (Å²) in [7, 11) is 0. The number of hydrogen-bond donors (Lipinski definition) is 2. The molecular formula is C17H14N2O2. The van der Waals surface area contributed by atoms with Crippen LogP contribution in [0, 0.1) is 0 Å². The first-order valence-corrected chi connectivity index (χ1v) is 6.55. The molecule has 0 fully saturated rings. The standard InChI is InChI=1S/C17H14N2O2/c18-14-11-15(12-7-3-1-4-8-12)21-16(14)17(20)19-13-9-5-2-6-10-13/h1-11H,18H2,(H,19,20). The molecule has 3 aromatic rings. The Labute approximate surface area is 122 Å². The van der Waals surface area contributed by atoms with Gasteiger partial charge in [0.15, 0.2) is 0 Å². The van der Waals surface area contributed by atoms with Gasteiger partial charge in [-0.1, -0.05) is 48.5 Å². The van der Waals surface area contributed by atoms with Crippen LogP contribution in [-0.4, -0.2) is 5.91 Å². The Kier molecular flexibility index (Phi) is 3.43. The molecule has 0 aliphatic carbocycles. The maximum Gasteiger partial charge on any atom is 0.293 e. The Hall–Kier alpha value is -3.01. The number of nitrogens with two attached hydrogens (primary N) is 1. The fourth-order valence-corrected chi connectivity index (χ4v) is 2.04. The van der Waals surface area contributed by atoms with Crippen LogP contribution < -0.4 is 11.1 Å². The molecule has 0 radical (unpaired) electrons. The third kappa shape index (κ3) is 2.79. The molecule has 0 unspecified atom stereocenters. The first-order chi connectivity index (χ1) is 10.2. The number of nitrogens with one attached hydrogen (secondary N) is 1. The molecule has 4 heteroatoms. The maximum atomic E-state index is 12.2. The second-order valence-electron chi connectivity index (χ2n) is 4.58. The quantitative estimate of drug-likeness (QED) is 0.766. The molecule has 104 valence electrons. The fourth-order valence-electron chi connectivity index (χ4n) is 2.04. The van der Waals surface area contributed by atoms with Gasteiger partial charge in [-0.15, -0.1) is 0 Å². The lowest BCUT2D eigenvalue weighted by atomic mass is 10.2. The number of amides is 1. The van der Waals surface area contributed by atoms with E-state index in [0.717, 1.165) is 5.56 Å². The van der Waals surface area contributed by atoms with Crippen LogP contribution in [0.4, 0.5) is 11.4 Å². The Morgan fingerprint density at radius 1 is 0.952 bits per heavy atom. The number of carbonyl (C=O) groups is 1. The van der Waals surface area contributed by atoms with Crippen LogP contribution in [0.25, 0.3) is 11.3 Å². The molecule has 1 amide bonds. The molecule has 1 aromatic heterocycles. The zero-order chi connectivity index (χ0) is 14.7. The van der Waals surface area contributed by atoms with Crippen molar-refractivity contribution in [3.05, 3.63) is 72.5 Å². The third-order valence-corrected chi connectivity index (χ3v) is 3.06. The first kappa shape index (κ1) is 13.0. The summed E-state index contributed by atoms with van der Waals surface area (Å²) >= 11 is 0. The van der Waals surface area contributed by atoms with E-state index in [0.29, 0.717) is 17.1 Å². The number of furan rings is 1. The average Bonchev–Trinajstić information content (AvgIpc) is 2.91. The van der Waals surface area contributed by atoms with Crippen LogP contribution in [0.5, 0.6) is 0 Å². The highest BCUT2D eigenvalue weighted by Crippen LogP contribution is 2.27. The molecule has 21 heavy (non-hydrogen) atoms. The van der Waals surface area contributed by atoms with Crippen LogP contribution in [-0.2, 0) is 0 Å². The Bertz CT molecular complexity index is 749. The summed E-state index contributed by atoms with van der Waals surface area (Å²) in [5.41, 5.74) is 7.77. The smallest absolute Gasteiger partial charge is 0.293 e. The van der Waals surface area contributed by atoms with Crippen LogP contribution in [0.1, 0.15) is 10.6 Å². The average molecular weight is 278 g/mol. The fraction of sp³-hybridized carbons (Fsp3) is 0. The minimum Gasteiger partial charge on any atom is -0.449 e. The van der Waals surface area contributed by atoms with Gasteiger partial charge in [0.1, 0.15) is 5.76 Å².